The maximum absolute atomic E-state index is 12.3. The monoisotopic (exact) mass is 435 g/mol. The summed E-state index contributed by atoms with van der Waals surface area (Å²) in [6.07, 6.45) is 9.14. The zero-order valence-corrected chi connectivity index (χ0v) is 18.0. The van der Waals surface area contributed by atoms with Crippen LogP contribution in [0.4, 0.5) is 0 Å². The van der Waals surface area contributed by atoms with Gasteiger partial charge in [0.2, 0.25) is 0 Å². The van der Waals surface area contributed by atoms with E-state index in [1.807, 2.05) is 47.1 Å². The van der Waals surface area contributed by atoms with E-state index in [4.69, 9.17) is 9.47 Å². The second kappa shape index (κ2) is 9.13. The quantitative estimate of drug-likeness (QED) is 0.466. The predicted octanol–water partition coefficient (Wildman–Crippen LogP) is 3.36. The third kappa shape index (κ3) is 4.22. The van der Waals surface area contributed by atoms with Gasteiger partial charge in [-0.3, -0.25) is 9.36 Å². The molecule has 1 aromatic carbocycles. The molecular formula is C22H21N5O3S. The summed E-state index contributed by atoms with van der Waals surface area (Å²) >= 11 is 1.42. The molecule has 9 heteroatoms. The lowest BCUT2D eigenvalue weighted by Crippen LogP contribution is -2.27. The first-order chi connectivity index (χ1) is 15.1. The number of rotatable bonds is 8. The summed E-state index contributed by atoms with van der Waals surface area (Å²) in [5.74, 6) is 2.23. The molecule has 0 spiro atoms. The minimum atomic E-state index is -0.375. The lowest BCUT2D eigenvalue weighted by atomic mass is 9.97. The average molecular weight is 436 g/mol. The number of benzene rings is 1. The second-order valence-corrected chi connectivity index (χ2v) is 7.63. The molecule has 4 rings (SSSR count). The van der Waals surface area contributed by atoms with Crippen LogP contribution in [-0.2, 0) is 11.3 Å². The van der Waals surface area contributed by atoms with Crippen LogP contribution in [-0.4, -0.2) is 52.2 Å². The van der Waals surface area contributed by atoms with Crippen molar-refractivity contribution in [3.05, 3.63) is 55.2 Å². The molecule has 1 unspecified atom stereocenters. The maximum Gasteiger partial charge on any atom is 0.260 e. The van der Waals surface area contributed by atoms with Crippen LogP contribution < -0.4 is 9.47 Å². The number of amides is 1. The molecule has 0 saturated heterocycles. The lowest BCUT2D eigenvalue weighted by molar-refractivity contribution is -0.118. The highest BCUT2D eigenvalue weighted by molar-refractivity contribution is 7.99. The Morgan fingerprint density at radius 3 is 2.77 bits per heavy atom. The third-order valence-electron chi connectivity index (χ3n) is 4.76. The molecule has 2 aliphatic rings. The Morgan fingerprint density at radius 2 is 2.00 bits per heavy atom. The van der Waals surface area contributed by atoms with Crippen LogP contribution in [0, 0.1) is 5.92 Å². The van der Waals surface area contributed by atoms with Crippen LogP contribution in [0.25, 0.3) is 11.4 Å². The normalized spacial score (nSPS) is 17.1. The molecule has 1 aliphatic carbocycles. The van der Waals surface area contributed by atoms with Gasteiger partial charge in [-0.25, -0.2) is 4.99 Å². The second-order valence-electron chi connectivity index (χ2n) is 6.69. The fourth-order valence-corrected chi connectivity index (χ4v) is 4.09. The van der Waals surface area contributed by atoms with Crippen molar-refractivity contribution < 1.29 is 14.3 Å². The van der Waals surface area contributed by atoms with E-state index in [2.05, 4.69) is 26.8 Å². The highest BCUT2D eigenvalue weighted by Gasteiger charge is 2.26. The number of hydrogen-bond acceptors (Lipinski definition) is 7. The minimum Gasteiger partial charge on any atom is -0.493 e. The van der Waals surface area contributed by atoms with E-state index in [9.17, 15) is 4.79 Å². The van der Waals surface area contributed by atoms with Gasteiger partial charge in [0.05, 0.1) is 25.7 Å². The summed E-state index contributed by atoms with van der Waals surface area (Å²) in [5.41, 5.74) is 1.56. The summed E-state index contributed by atoms with van der Waals surface area (Å²) in [7, 11) is 3.18. The third-order valence-corrected chi connectivity index (χ3v) is 5.73. The van der Waals surface area contributed by atoms with Crippen molar-refractivity contribution in [1.82, 2.24) is 14.8 Å². The van der Waals surface area contributed by atoms with Crippen molar-refractivity contribution in [1.29, 1.82) is 0 Å². The summed E-state index contributed by atoms with van der Waals surface area (Å²) in [6, 6.07) is 5.59. The molecule has 0 fully saturated rings. The number of allylic oxidation sites excluding steroid dienone is 4. The highest BCUT2D eigenvalue weighted by Crippen LogP contribution is 2.33. The number of fused-ring (bicyclic) bond motifs is 1. The molecule has 0 N–H and O–H groups in total. The molecule has 1 aromatic heterocycles. The zero-order chi connectivity index (χ0) is 21.8. The van der Waals surface area contributed by atoms with Gasteiger partial charge in [-0.2, -0.15) is 4.99 Å². The molecule has 8 nitrogen and oxygen atoms in total. The number of hydrogen-bond donors (Lipinski definition) is 0. The van der Waals surface area contributed by atoms with Gasteiger partial charge in [0.1, 0.15) is 11.8 Å². The summed E-state index contributed by atoms with van der Waals surface area (Å²) in [4.78, 5) is 21.0. The van der Waals surface area contributed by atoms with Crippen LogP contribution in [0.3, 0.4) is 0 Å². The van der Waals surface area contributed by atoms with Gasteiger partial charge < -0.3 is 9.47 Å². The Morgan fingerprint density at radius 1 is 1.16 bits per heavy atom. The van der Waals surface area contributed by atoms with Gasteiger partial charge in [-0.05, 0) is 24.3 Å². The van der Waals surface area contributed by atoms with E-state index in [1.165, 1.54) is 11.8 Å². The average Bonchev–Trinajstić information content (AvgIpc) is 3.20. The van der Waals surface area contributed by atoms with Gasteiger partial charge >= 0.3 is 0 Å². The van der Waals surface area contributed by atoms with E-state index < -0.39 is 0 Å². The fourth-order valence-electron chi connectivity index (χ4n) is 3.29. The van der Waals surface area contributed by atoms with Gasteiger partial charge in [0.15, 0.2) is 22.5 Å². The number of nitrogens with zero attached hydrogens (tertiary/aromatic N) is 5. The number of amidine groups is 1. The van der Waals surface area contributed by atoms with E-state index >= 15 is 0 Å². The Bertz CT molecular complexity index is 1150. The maximum atomic E-state index is 12.3. The topological polar surface area (TPSA) is 91.0 Å². The van der Waals surface area contributed by atoms with Gasteiger partial charge in [-0.1, -0.05) is 36.1 Å². The van der Waals surface area contributed by atoms with Crippen LogP contribution in [0.15, 0.2) is 70.3 Å². The molecule has 158 valence electrons. The first kappa shape index (κ1) is 20.8. The first-order valence-electron chi connectivity index (χ1n) is 9.58. The van der Waals surface area contributed by atoms with E-state index in [-0.39, 0.29) is 11.8 Å². The standard InChI is InChI=1S/C22H21N5O3S/c1-4-11-27-20(14-9-10-17(29-2)18(12-14)30-3)25-26-22(27)31-13-19-23-16-8-6-5-7-15(16)21(28)24-19/h4-10,12,15H,1,11,13H2,2-3H3. The smallest absolute Gasteiger partial charge is 0.260 e. The number of methoxy groups -OCH3 is 2. The van der Waals surface area contributed by atoms with Crippen molar-refractivity contribution >= 4 is 29.2 Å². The van der Waals surface area contributed by atoms with Crippen LogP contribution in [0.1, 0.15) is 0 Å². The van der Waals surface area contributed by atoms with Crippen molar-refractivity contribution in [2.75, 3.05) is 20.0 Å². The Hall–Kier alpha value is -3.46. The number of ether oxygens (including phenoxy) is 2. The van der Waals surface area contributed by atoms with Crippen LogP contribution >= 0.6 is 11.8 Å². The fraction of sp³-hybridized carbons (Fsp3) is 0.227. The van der Waals surface area contributed by atoms with Crippen molar-refractivity contribution in [2.24, 2.45) is 15.9 Å². The molecule has 0 radical (unpaired) electrons. The van der Waals surface area contributed by atoms with Crippen molar-refractivity contribution in [3.63, 3.8) is 0 Å². The molecule has 31 heavy (non-hydrogen) atoms. The SMILES string of the molecule is C=CCn1c(SCC2=NC(=O)C3C=CC=CC3=N2)nnc1-c1ccc(OC)c(OC)c1. The van der Waals surface area contributed by atoms with Crippen molar-refractivity contribution in [2.45, 2.75) is 11.7 Å². The molecule has 1 aliphatic heterocycles. The number of carbonyl (C=O) groups is 1. The Labute approximate surface area is 184 Å². The first-order valence-corrected chi connectivity index (χ1v) is 10.6. The molecule has 1 atom stereocenters. The van der Waals surface area contributed by atoms with Gasteiger partial charge in [-0.15, -0.1) is 16.8 Å². The molecule has 0 saturated carbocycles. The lowest BCUT2D eigenvalue weighted by Gasteiger charge is -2.17. The predicted molar refractivity (Wildman–Crippen MR) is 121 cm³/mol. The molecule has 0 bridgehead atoms. The zero-order valence-electron chi connectivity index (χ0n) is 17.2. The van der Waals surface area contributed by atoms with Crippen molar-refractivity contribution in [3.8, 4) is 22.9 Å². The largest absolute Gasteiger partial charge is 0.493 e. The van der Waals surface area contributed by atoms with E-state index in [0.29, 0.717) is 40.6 Å². The highest BCUT2D eigenvalue weighted by atomic mass is 32.2. The van der Waals surface area contributed by atoms with Gasteiger partial charge in [0.25, 0.3) is 5.91 Å². The number of aliphatic imine (C=N–C) groups is 2. The van der Waals surface area contributed by atoms with E-state index in [1.54, 1.807) is 20.3 Å². The molecule has 2 heterocycles. The molecule has 2 aromatic rings. The van der Waals surface area contributed by atoms with Crippen LogP contribution in [0.5, 0.6) is 11.5 Å². The summed E-state index contributed by atoms with van der Waals surface area (Å²) in [5, 5.41) is 9.38. The molecule has 1 amide bonds. The number of thioether (sulfide) groups is 1. The Balaban J connectivity index is 1.58. The molecular weight excluding hydrogens is 414 g/mol. The Kier molecular flexibility index (Phi) is 6.13. The number of aromatic nitrogens is 3. The number of carbonyl (C=O) groups excluding carboxylic acids is 1. The van der Waals surface area contributed by atoms with E-state index in [0.717, 1.165) is 11.3 Å². The summed E-state index contributed by atoms with van der Waals surface area (Å²) in [6.45, 7) is 4.37. The van der Waals surface area contributed by atoms with Crippen LogP contribution in [0.2, 0.25) is 0 Å². The van der Waals surface area contributed by atoms with Gasteiger partial charge in [0, 0.05) is 12.1 Å². The summed E-state index contributed by atoms with van der Waals surface area (Å²) < 4.78 is 12.7. The minimum absolute atomic E-state index is 0.195.